The van der Waals surface area contributed by atoms with Crippen LogP contribution in [0.1, 0.15) is 64.2 Å². The molecular weight excluding hydrogens is 358 g/mol. The molecule has 1 aromatic carbocycles. The van der Waals surface area contributed by atoms with E-state index in [4.69, 9.17) is 0 Å². The Morgan fingerprint density at radius 2 is 2.15 bits per heavy atom. The number of carbonyl (C=O) groups is 1. The molecule has 3 aromatic rings. The van der Waals surface area contributed by atoms with Crippen LogP contribution in [0.25, 0.3) is 0 Å². The topological polar surface area (TPSA) is 80.7 Å². The number of rotatable bonds is 6. The van der Waals surface area contributed by atoms with Crippen LogP contribution in [0.5, 0.6) is 0 Å². The van der Waals surface area contributed by atoms with Gasteiger partial charge in [0, 0.05) is 23.7 Å². The highest BCUT2D eigenvalue weighted by Crippen LogP contribution is 2.38. The first-order valence-corrected chi connectivity index (χ1v) is 9.98. The summed E-state index contributed by atoms with van der Waals surface area (Å²) in [6.45, 7) is 4.05. The van der Waals surface area contributed by atoms with Gasteiger partial charge in [-0.3, -0.25) is 4.79 Å². The third-order valence-electron chi connectivity index (χ3n) is 4.65. The maximum absolute atomic E-state index is 12.7. The lowest BCUT2D eigenvalue weighted by molar-refractivity contribution is 0.102. The van der Waals surface area contributed by atoms with Crippen LogP contribution in [0.2, 0.25) is 0 Å². The molecule has 0 saturated heterocycles. The van der Waals surface area contributed by atoms with E-state index in [0.29, 0.717) is 11.6 Å². The number of amides is 1. The largest absolute Gasteiger partial charge is 0.321 e. The van der Waals surface area contributed by atoms with E-state index in [1.54, 1.807) is 22.9 Å². The van der Waals surface area contributed by atoms with Crippen molar-refractivity contribution in [3.8, 4) is 0 Å². The van der Waals surface area contributed by atoms with E-state index in [-0.39, 0.29) is 11.8 Å². The summed E-state index contributed by atoms with van der Waals surface area (Å²) >= 11 is 1.56. The predicted octanol–water partition coefficient (Wildman–Crippen LogP) is 4.11. The molecule has 27 heavy (non-hydrogen) atoms. The molecule has 0 radical (unpaired) electrons. The number of carbonyl (C=O) groups excluding carboxylic acids is 1. The van der Waals surface area contributed by atoms with Crippen LogP contribution < -0.4 is 5.32 Å². The van der Waals surface area contributed by atoms with E-state index in [0.717, 1.165) is 47.0 Å². The van der Waals surface area contributed by atoms with Crippen LogP contribution in [0.15, 0.2) is 35.8 Å². The van der Waals surface area contributed by atoms with Gasteiger partial charge in [0.1, 0.15) is 22.0 Å². The summed E-state index contributed by atoms with van der Waals surface area (Å²) in [6.07, 6.45) is 3.05. The maximum atomic E-state index is 12.7. The van der Waals surface area contributed by atoms with E-state index in [1.807, 2.05) is 25.1 Å². The fourth-order valence-electron chi connectivity index (χ4n) is 3.01. The Bertz CT molecular complexity index is 953. The zero-order chi connectivity index (χ0) is 18.8. The lowest BCUT2D eigenvalue weighted by Crippen LogP contribution is -2.16. The summed E-state index contributed by atoms with van der Waals surface area (Å²) in [7, 11) is 0. The van der Waals surface area contributed by atoms with Crippen molar-refractivity contribution in [1.82, 2.24) is 20.2 Å². The molecule has 1 N–H and O–H groups in total. The van der Waals surface area contributed by atoms with E-state index in [1.165, 1.54) is 0 Å². The Morgan fingerprint density at radius 1 is 1.30 bits per heavy atom. The van der Waals surface area contributed by atoms with Crippen molar-refractivity contribution in [3.63, 3.8) is 0 Å². The Hall–Kier alpha value is -2.67. The Balaban J connectivity index is 1.48. The lowest BCUT2D eigenvalue weighted by Gasteiger charge is -2.12. The molecule has 0 bridgehead atoms. The monoisotopic (exact) mass is 379 g/mol. The van der Waals surface area contributed by atoms with Gasteiger partial charge < -0.3 is 5.32 Å². The first kappa shape index (κ1) is 17.7. The second kappa shape index (κ2) is 7.52. The molecule has 1 aliphatic rings. The molecular formula is C20H21N5OS. The highest BCUT2D eigenvalue weighted by molar-refractivity contribution is 7.09. The zero-order valence-corrected chi connectivity index (χ0v) is 16.2. The predicted molar refractivity (Wildman–Crippen MR) is 105 cm³/mol. The molecule has 1 amide bonds. The van der Waals surface area contributed by atoms with Crippen molar-refractivity contribution in [3.05, 3.63) is 63.6 Å². The van der Waals surface area contributed by atoms with Crippen LogP contribution >= 0.6 is 11.3 Å². The zero-order valence-electron chi connectivity index (χ0n) is 15.3. The van der Waals surface area contributed by atoms with Crippen molar-refractivity contribution >= 4 is 22.9 Å². The van der Waals surface area contributed by atoms with Gasteiger partial charge in [0.15, 0.2) is 0 Å². The standard InChI is InChI=1S/C20H21N5OS/c1-12(8-18-25-21-11-27-18)15-4-3-5-16(10-15)23-20(26)17-9-13(2)22-19(24-17)14-6-7-14/h3-5,9-12,14H,6-8H2,1-2H3,(H,23,26)/t12-/m1/s1. The van der Waals surface area contributed by atoms with Gasteiger partial charge in [-0.25, -0.2) is 9.97 Å². The first-order valence-electron chi connectivity index (χ1n) is 9.10. The minimum absolute atomic E-state index is 0.198. The maximum Gasteiger partial charge on any atom is 0.274 e. The van der Waals surface area contributed by atoms with Gasteiger partial charge in [0.2, 0.25) is 0 Å². The molecule has 2 aromatic heterocycles. The summed E-state index contributed by atoms with van der Waals surface area (Å²) in [5.41, 5.74) is 4.93. The first-order chi connectivity index (χ1) is 13.1. The molecule has 1 atom stereocenters. The van der Waals surface area contributed by atoms with E-state index >= 15 is 0 Å². The number of hydrogen-bond donors (Lipinski definition) is 1. The number of hydrogen-bond acceptors (Lipinski definition) is 6. The summed E-state index contributed by atoms with van der Waals surface area (Å²) < 4.78 is 0. The summed E-state index contributed by atoms with van der Waals surface area (Å²) in [5, 5.41) is 12.0. The smallest absolute Gasteiger partial charge is 0.274 e. The van der Waals surface area contributed by atoms with Crippen molar-refractivity contribution in [2.45, 2.75) is 44.9 Å². The summed E-state index contributed by atoms with van der Waals surface area (Å²) in [5.74, 6) is 1.30. The Morgan fingerprint density at radius 3 is 2.89 bits per heavy atom. The van der Waals surface area contributed by atoms with Gasteiger partial charge in [-0.2, -0.15) is 0 Å². The molecule has 0 unspecified atom stereocenters. The molecule has 6 nitrogen and oxygen atoms in total. The average Bonchev–Trinajstić information content (AvgIpc) is 3.39. The molecule has 7 heteroatoms. The quantitative estimate of drug-likeness (QED) is 0.697. The highest BCUT2D eigenvalue weighted by Gasteiger charge is 2.27. The van der Waals surface area contributed by atoms with E-state index < -0.39 is 0 Å². The van der Waals surface area contributed by atoms with Gasteiger partial charge in [-0.15, -0.1) is 21.5 Å². The number of aryl methyl sites for hydroxylation is 1. The average molecular weight is 379 g/mol. The SMILES string of the molecule is Cc1cc(C(=O)Nc2cccc([C@H](C)Cc3nncs3)c2)nc(C2CC2)n1. The fraction of sp³-hybridized carbons (Fsp3) is 0.350. The van der Waals surface area contributed by atoms with Gasteiger partial charge in [-0.05, 0) is 49.4 Å². The number of nitrogens with one attached hydrogen (secondary N) is 1. The molecule has 0 spiro atoms. The Labute approximate surface area is 162 Å². The van der Waals surface area contributed by atoms with Crippen LogP contribution in [0.3, 0.4) is 0 Å². The summed E-state index contributed by atoms with van der Waals surface area (Å²) in [4.78, 5) is 21.6. The molecule has 0 aliphatic heterocycles. The fourth-order valence-corrected chi connectivity index (χ4v) is 3.67. The number of benzene rings is 1. The molecule has 1 fully saturated rings. The lowest BCUT2D eigenvalue weighted by atomic mass is 9.97. The van der Waals surface area contributed by atoms with Crippen molar-refractivity contribution in [2.24, 2.45) is 0 Å². The summed E-state index contributed by atoms with van der Waals surface area (Å²) in [6, 6.07) is 9.68. The highest BCUT2D eigenvalue weighted by atomic mass is 32.1. The second-order valence-electron chi connectivity index (χ2n) is 7.04. The van der Waals surface area contributed by atoms with E-state index in [9.17, 15) is 4.79 Å². The molecule has 1 aliphatic carbocycles. The van der Waals surface area contributed by atoms with Crippen LogP contribution in [-0.2, 0) is 6.42 Å². The third kappa shape index (κ3) is 4.36. The molecule has 4 rings (SSSR count). The van der Waals surface area contributed by atoms with Gasteiger partial charge in [0.05, 0.1) is 0 Å². The van der Waals surface area contributed by atoms with Gasteiger partial charge in [-0.1, -0.05) is 19.1 Å². The van der Waals surface area contributed by atoms with Crippen molar-refractivity contribution in [2.75, 3.05) is 5.32 Å². The Kier molecular flexibility index (Phi) is 4.94. The van der Waals surface area contributed by atoms with Crippen LogP contribution in [0, 0.1) is 6.92 Å². The van der Waals surface area contributed by atoms with Crippen LogP contribution in [-0.4, -0.2) is 26.1 Å². The molecule has 1 saturated carbocycles. The van der Waals surface area contributed by atoms with E-state index in [2.05, 4.69) is 38.5 Å². The van der Waals surface area contributed by atoms with Crippen molar-refractivity contribution < 1.29 is 4.79 Å². The second-order valence-corrected chi connectivity index (χ2v) is 7.96. The third-order valence-corrected chi connectivity index (χ3v) is 5.37. The molecule has 2 heterocycles. The van der Waals surface area contributed by atoms with Crippen molar-refractivity contribution in [1.29, 1.82) is 0 Å². The number of aromatic nitrogens is 4. The van der Waals surface area contributed by atoms with Gasteiger partial charge in [0.25, 0.3) is 5.91 Å². The normalized spacial score (nSPS) is 14.7. The molecule has 138 valence electrons. The van der Waals surface area contributed by atoms with Gasteiger partial charge >= 0.3 is 0 Å². The number of nitrogens with zero attached hydrogens (tertiary/aromatic N) is 4. The number of anilines is 1. The minimum Gasteiger partial charge on any atom is -0.321 e. The van der Waals surface area contributed by atoms with Crippen LogP contribution in [0.4, 0.5) is 5.69 Å². The minimum atomic E-state index is -0.198.